The van der Waals surface area contributed by atoms with Crippen LogP contribution in [0.4, 0.5) is 10.1 Å². The Morgan fingerprint density at radius 1 is 1.42 bits per heavy atom. The number of rotatable bonds is 6. The van der Waals surface area contributed by atoms with Crippen LogP contribution < -0.4 is 10.0 Å². The number of aryl methyl sites for hydroxylation is 1. The summed E-state index contributed by atoms with van der Waals surface area (Å²) in [5.74, 6) is -1.09. The van der Waals surface area contributed by atoms with Gasteiger partial charge < -0.3 is 5.73 Å². The highest BCUT2D eigenvalue weighted by molar-refractivity contribution is 7.92. The molecule has 0 heterocycles. The second-order valence-corrected chi connectivity index (χ2v) is 6.09. The van der Waals surface area contributed by atoms with Crippen molar-refractivity contribution in [1.29, 1.82) is 0 Å². The van der Waals surface area contributed by atoms with Crippen LogP contribution >= 0.6 is 0 Å². The molecule has 0 radical (unpaired) electrons. The first kappa shape index (κ1) is 15.4. The van der Waals surface area contributed by atoms with Crippen LogP contribution in [0, 0.1) is 5.82 Å². The maximum Gasteiger partial charge on any atom is 0.232 e. The Bertz CT molecular complexity index is 572. The third-order valence-electron chi connectivity index (χ3n) is 2.63. The van der Waals surface area contributed by atoms with Gasteiger partial charge in [-0.05, 0) is 31.0 Å². The van der Waals surface area contributed by atoms with Crippen molar-refractivity contribution in [3.8, 4) is 0 Å². The van der Waals surface area contributed by atoms with Gasteiger partial charge in [0.2, 0.25) is 15.9 Å². The molecule has 1 aromatic carbocycles. The molecule has 5 nitrogen and oxygen atoms in total. The van der Waals surface area contributed by atoms with Gasteiger partial charge in [0.1, 0.15) is 5.82 Å². The normalized spacial score (nSPS) is 11.3. The number of carbonyl (C=O) groups is 1. The number of primary amides is 1. The van der Waals surface area contributed by atoms with Gasteiger partial charge in [0, 0.05) is 13.0 Å². The summed E-state index contributed by atoms with van der Waals surface area (Å²) >= 11 is 0. The number of anilines is 1. The second kappa shape index (κ2) is 6.01. The molecule has 1 aromatic rings. The van der Waals surface area contributed by atoms with E-state index in [-0.39, 0.29) is 18.7 Å². The van der Waals surface area contributed by atoms with E-state index in [0.717, 1.165) is 10.6 Å². The Balaban J connectivity index is 3.03. The number of nitrogens with zero attached hydrogens (tertiary/aromatic N) is 1. The van der Waals surface area contributed by atoms with Crippen molar-refractivity contribution < 1.29 is 17.6 Å². The smallest absolute Gasteiger partial charge is 0.232 e. The fraction of sp³-hybridized carbons (Fsp3) is 0.417. The van der Waals surface area contributed by atoms with Crippen LogP contribution in [0.3, 0.4) is 0 Å². The fourth-order valence-corrected chi connectivity index (χ4v) is 2.73. The van der Waals surface area contributed by atoms with E-state index in [2.05, 4.69) is 0 Å². The molecule has 0 aliphatic rings. The predicted molar refractivity (Wildman–Crippen MR) is 71.8 cm³/mol. The maximum absolute atomic E-state index is 13.9. The monoisotopic (exact) mass is 288 g/mol. The predicted octanol–water partition coefficient (Wildman–Crippen LogP) is 1.03. The Morgan fingerprint density at radius 3 is 2.47 bits per heavy atom. The summed E-state index contributed by atoms with van der Waals surface area (Å²) in [6.07, 6.45) is 1.48. The summed E-state index contributed by atoms with van der Waals surface area (Å²) in [4.78, 5) is 10.7. The Morgan fingerprint density at radius 2 is 2.05 bits per heavy atom. The lowest BCUT2D eigenvalue weighted by atomic mass is 10.1. The average Bonchev–Trinajstić information content (AvgIpc) is 2.28. The Labute approximate surface area is 112 Å². The molecule has 0 saturated heterocycles. The molecule has 0 spiro atoms. The second-order valence-electron chi connectivity index (χ2n) is 4.18. The van der Waals surface area contributed by atoms with E-state index < -0.39 is 21.7 Å². The molecule has 0 bridgehead atoms. The lowest BCUT2D eigenvalue weighted by molar-refractivity contribution is -0.117. The third-order valence-corrected chi connectivity index (χ3v) is 3.88. The first-order chi connectivity index (χ1) is 8.75. The van der Waals surface area contributed by atoms with Crippen LogP contribution in [0.15, 0.2) is 18.2 Å². The number of nitrogens with two attached hydrogens (primary N) is 1. The molecule has 2 N–H and O–H groups in total. The van der Waals surface area contributed by atoms with Crippen LogP contribution in [-0.2, 0) is 21.2 Å². The van der Waals surface area contributed by atoms with Crippen LogP contribution in [0.25, 0.3) is 0 Å². The molecular weight excluding hydrogens is 271 g/mol. The van der Waals surface area contributed by atoms with E-state index in [1.54, 1.807) is 13.0 Å². The lowest BCUT2D eigenvalue weighted by Crippen LogP contribution is -2.30. The van der Waals surface area contributed by atoms with E-state index in [4.69, 9.17) is 5.73 Å². The molecule has 19 heavy (non-hydrogen) atoms. The molecule has 0 atom stereocenters. The van der Waals surface area contributed by atoms with Crippen molar-refractivity contribution in [3.05, 3.63) is 29.6 Å². The van der Waals surface area contributed by atoms with E-state index >= 15 is 0 Å². The van der Waals surface area contributed by atoms with Gasteiger partial charge in [0.15, 0.2) is 0 Å². The lowest BCUT2D eigenvalue weighted by Gasteiger charge is -2.21. The minimum atomic E-state index is -3.51. The SMILES string of the molecule is CCN(c1ccc(CCC(N)=O)cc1F)S(C)(=O)=O. The number of hydrogen-bond donors (Lipinski definition) is 1. The highest BCUT2D eigenvalue weighted by Gasteiger charge is 2.19. The summed E-state index contributed by atoms with van der Waals surface area (Å²) in [5, 5.41) is 0. The zero-order chi connectivity index (χ0) is 14.6. The summed E-state index contributed by atoms with van der Waals surface area (Å²) in [5.41, 5.74) is 5.62. The van der Waals surface area contributed by atoms with Crippen molar-refractivity contribution in [1.82, 2.24) is 0 Å². The fourth-order valence-electron chi connectivity index (χ4n) is 1.76. The molecule has 106 valence electrons. The number of amides is 1. The Hall–Kier alpha value is -1.63. The molecule has 7 heteroatoms. The van der Waals surface area contributed by atoms with E-state index in [1.165, 1.54) is 12.1 Å². The number of carbonyl (C=O) groups excluding carboxylic acids is 1. The van der Waals surface area contributed by atoms with Crippen molar-refractivity contribution in [2.75, 3.05) is 17.1 Å². The van der Waals surface area contributed by atoms with Gasteiger partial charge in [0.05, 0.1) is 11.9 Å². The summed E-state index contributed by atoms with van der Waals surface area (Å²) in [6.45, 7) is 1.78. The van der Waals surface area contributed by atoms with Crippen LogP contribution in [0.1, 0.15) is 18.9 Å². The topological polar surface area (TPSA) is 80.5 Å². The maximum atomic E-state index is 13.9. The highest BCUT2D eigenvalue weighted by Crippen LogP contribution is 2.23. The van der Waals surface area contributed by atoms with E-state index in [9.17, 15) is 17.6 Å². The number of halogens is 1. The zero-order valence-electron chi connectivity index (χ0n) is 10.9. The largest absolute Gasteiger partial charge is 0.370 e. The van der Waals surface area contributed by atoms with Crippen LogP contribution in [0.5, 0.6) is 0 Å². The van der Waals surface area contributed by atoms with Crippen LogP contribution in [0.2, 0.25) is 0 Å². The molecule has 1 amide bonds. The molecule has 0 aliphatic heterocycles. The van der Waals surface area contributed by atoms with E-state index in [1.807, 2.05) is 0 Å². The van der Waals surface area contributed by atoms with Gasteiger partial charge in [-0.25, -0.2) is 12.8 Å². The highest BCUT2D eigenvalue weighted by atomic mass is 32.2. The Kier molecular flexibility index (Phi) is 4.88. The summed E-state index contributed by atoms with van der Waals surface area (Å²) in [6, 6.07) is 4.22. The molecule has 0 aliphatic carbocycles. The zero-order valence-corrected chi connectivity index (χ0v) is 11.7. The van der Waals surface area contributed by atoms with Gasteiger partial charge >= 0.3 is 0 Å². The van der Waals surface area contributed by atoms with Crippen LogP contribution in [-0.4, -0.2) is 27.1 Å². The van der Waals surface area contributed by atoms with Gasteiger partial charge in [-0.3, -0.25) is 9.10 Å². The van der Waals surface area contributed by atoms with Crippen molar-refractivity contribution in [2.45, 2.75) is 19.8 Å². The number of hydrogen-bond acceptors (Lipinski definition) is 3. The van der Waals surface area contributed by atoms with Gasteiger partial charge in [-0.1, -0.05) is 6.07 Å². The van der Waals surface area contributed by atoms with Crippen molar-refractivity contribution in [3.63, 3.8) is 0 Å². The third kappa shape index (κ3) is 4.20. The standard InChI is InChI=1S/C12H17FN2O3S/c1-3-15(19(2,17)18)11-6-4-9(8-10(11)13)5-7-12(14)16/h4,6,8H,3,5,7H2,1-2H3,(H2,14,16). The van der Waals surface area contributed by atoms with Gasteiger partial charge in [-0.15, -0.1) is 0 Å². The van der Waals surface area contributed by atoms with Gasteiger partial charge in [-0.2, -0.15) is 0 Å². The number of sulfonamides is 1. The van der Waals surface area contributed by atoms with Crippen molar-refractivity contribution >= 4 is 21.6 Å². The average molecular weight is 288 g/mol. The number of benzene rings is 1. The summed E-state index contributed by atoms with van der Waals surface area (Å²) < 4.78 is 37.9. The molecule has 0 unspecified atom stereocenters. The first-order valence-corrected chi connectivity index (χ1v) is 7.65. The summed E-state index contributed by atoms with van der Waals surface area (Å²) in [7, 11) is -3.51. The van der Waals surface area contributed by atoms with E-state index in [0.29, 0.717) is 12.0 Å². The van der Waals surface area contributed by atoms with Crippen molar-refractivity contribution in [2.24, 2.45) is 5.73 Å². The molecule has 0 aromatic heterocycles. The minimum absolute atomic E-state index is 0.00725. The quantitative estimate of drug-likeness (QED) is 0.849. The molecular formula is C12H17FN2O3S. The molecule has 0 saturated carbocycles. The molecule has 1 rings (SSSR count). The molecule has 0 fully saturated rings. The first-order valence-electron chi connectivity index (χ1n) is 5.80. The van der Waals surface area contributed by atoms with Gasteiger partial charge in [0.25, 0.3) is 0 Å². The minimum Gasteiger partial charge on any atom is -0.370 e.